The molecular formula is C84H46N6O2. The lowest BCUT2D eigenvalue weighted by molar-refractivity contribution is 0.669. The molecule has 0 saturated heterocycles. The molecule has 2 aliphatic rings. The number of hydrogen-bond donors (Lipinski definition) is 0. The maximum atomic E-state index is 6.66. The third kappa shape index (κ3) is 6.73. The van der Waals surface area contributed by atoms with E-state index < -0.39 is 0 Å². The summed E-state index contributed by atoms with van der Waals surface area (Å²) in [4.78, 5) is 21.2. The molecule has 0 aliphatic heterocycles. The predicted octanol–water partition coefficient (Wildman–Crippen LogP) is 22.2. The van der Waals surface area contributed by atoms with E-state index in [1.807, 2.05) is 54.6 Å². The fourth-order valence-corrected chi connectivity index (χ4v) is 15.7. The van der Waals surface area contributed by atoms with Gasteiger partial charge in [-0.1, -0.05) is 224 Å². The second kappa shape index (κ2) is 18.5. The molecule has 0 N–H and O–H groups in total. The number of fused-ring (bicyclic) bond motifs is 16. The Kier molecular flexibility index (Phi) is 9.96. The van der Waals surface area contributed by atoms with Crippen molar-refractivity contribution in [3.8, 4) is 78.8 Å². The summed E-state index contributed by atoms with van der Waals surface area (Å²) in [6, 6.07) is 98.4. The highest BCUT2D eigenvalue weighted by Gasteiger charge is 2.32. The van der Waals surface area contributed by atoms with E-state index in [1.54, 1.807) is 0 Å². The largest absolute Gasteiger partial charge is 0.456 e. The molecule has 0 radical (unpaired) electrons. The van der Waals surface area contributed by atoms with E-state index in [-0.39, 0.29) is 0 Å². The Balaban J connectivity index is 0.000000124. The standard InChI is InChI=1S/2C42H23N3O/c1-2-11-25(12-3-1)41-42(44-31-19-8-7-18-30(31)43-41)45-32-22-21-24-13-10-17-27-26-14-4-5-15-28(26)38-37-29-16-6-9-20-34(29)46-35(37)23-33(45)40(38)39(32)36(24)27;1-2-11-25(12-3-1)41-29-16-6-8-19-31(29)43-42(44-41)45-32-22-21-24-13-10-18-27-26-14-4-5-15-28(26)38-37-30-17-7-9-20-34(30)46-35(37)23-33(45)40(38)39(32)36(24)27/h2*1-23H. The first kappa shape index (κ1) is 49.5. The van der Waals surface area contributed by atoms with Crippen molar-refractivity contribution in [1.29, 1.82) is 0 Å². The molecule has 0 atom stereocenters. The first-order chi connectivity index (χ1) is 45.7. The number of furan rings is 2. The van der Waals surface area contributed by atoms with Gasteiger partial charge in [0.2, 0.25) is 5.95 Å². The molecule has 8 nitrogen and oxygen atoms in total. The Morgan fingerprint density at radius 3 is 1.27 bits per heavy atom. The zero-order chi connectivity index (χ0) is 59.9. The molecule has 424 valence electrons. The van der Waals surface area contributed by atoms with E-state index in [0.29, 0.717) is 5.95 Å². The highest BCUT2D eigenvalue weighted by atomic mass is 16.3. The molecule has 92 heavy (non-hydrogen) atoms. The van der Waals surface area contributed by atoms with Gasteiger partial charge >= 0.3 is 0 Å². The van der Waals surface area contributed by atoms with Gasteiger partial charge in [0, 0.05) is 82.9 Å². The first-order valence-corrected chi connectivity index (χ1v) is 31.2. The average Bonchev–Trinajstić information content (AvgIpc) is 1.53. The average molecular weight is 1170 g/mol. The Morgan fingerprint density at radius 1 is 0.250 bits per heavy atom. The van der Waals surface area contributed by atoms with Crippen LogP contribution in [0.15, 0.2) is 288 Å². The van der Waals surface area contributed by atoms with Crippen LogP contribution >= 0.6 is 0 Å². The van der Waals surface area contributed by atoms with Crippen molar-refractivity contribution in [3.05, 3.63) is 279 Å². The number of aromatic nitrogens is 6. The number of para-hydroxylation sites is 5. The summed E-state index contributed by atoms with van der Waals surface area (Å²) < 4.78 is 17.9. The zero-order valence-corrected chi connectivity index (χ0v) is 49.1. The van der Waals surface area contributed by atoms with Crippen LogP contribution in [-0.4, -0.2) is 29.1 Å². The molecule has 2 aliphatic carbocycles. The Morgan fingerprint density at radius 2 is 0.696 bits per heavy atom. The summed E-state index contributed by atoms with van der Waals surface area (Å²) in [7, 11) is 0. The summed E-state index contributed by atoms with van der Waals surface area (Å²) in [5.41, 5.74) is 24.0. The molecule has 0 fully saturated rings. The van der Waals surface area contributed by atoms with Gasteiger partial charge in [-0.05, 0) is 97.4 Å². The van der Waals surface area contributed by atoms with Gasteiger partial charge in [0.05, 0.1) is 44.3 Å². The van der Waals surface area contributed by atoms with Gasteiger partial charge in [0.25, 0.3) is 0 Å². The van der Waals surface area contributed by atoms with Crippen LogP contribution in [-0.2, 0) is 0 Å². The van der Waals surface area contributed by atoms with Gasteiger partial charge in [0.15, 0.2) is 5.82 Å². The lowest BCUT2D eigenvalue weighted by Crippen LogP contribution is -2.04. The molecule has 14 aromatic carbocycles. The summed E-state index contributed by atoms with van der Waals surface area (Å²) in [5.74, 6) is 1.45. The molecule has 0 spiro atoms. The second-order valence-electron chi connectivity index (χ2n) is 24.2. The van der Waals surface area contributed by atoms with E-state index in [0.717, 1.165) is 116 Å². The maximum absolute atomic E-state index is 6.66. The van der Waals surface area contributed by atoms with Gasteiger partial charge in [-0.25, -0.2) is 19.9 Å². The lowest BCUT2D eigenvalue weighted by atomic mass is 9.91. The van der Waals surface area contributed by atoms with Crippen LogP contribution in [0.4, 0.5) is 0 Å². The van der Waals surface area contributed by atoms with Gasteiger partial charge in [-0.15, -0.1) is 0 Å². The van der Waals surface area contributed by atoms with E-state index >= 15 is 0 Å². The minimum absolute atomic E-state index is 0.643. The quantitative estimate of drug-likeness (QED) is 0.174. The van der Waals surface area contributed by atoms with Crippen molar-refractivity contribution in [2.45, 2.75) is 0 Å². The molecule has 20 aromatic rings. The van der Waals surface area contributed by atoms with Gasteiger partial charge in [0.1, 0.15) is 28.0 Å². The van der Waals surface area contributed by atoms with Crippen LogP contribution < -0.4 is 0 Å². The molecule has 6 aromatic heterocycles. The van der Waals surface area contributed by atoms with Crippen LogP contribution in [0.2, 0.25) is 0 Å². The third-order valence-electron chi connectivity index (χ3n) is 19.4. The Labute approximate surface area is 523 Å². The summed E-state index contributed by atoms with van der Waals surface area (Å²) >= 11 is 0. The number of nitrogens with zero attached hydrogens (tertiary/aromatic N) is 6. The molecule has 0 saturated carbocycles. The van der Waals surface area contributed by atoms with E-state index in [9.17, 15) is 0 Å². The van der Waals surface area contributed by atoms with Crippen molar-refractivity contribution >= 4 is 131 Å². The summed E-state index contributed by atoms with van der Waals surface area (Å²) in [5, 5.41) is 15.4. The number of hydrogen-bond acceptors (Lipinski definition) is 6. The minimum Gasteiger partial charge on any atom is -0.456 e. The zero-order valence-electron chi connectivity index (χ0n) is 49.1. The fraction of sp³-hybridized carbons (Fsp3) is 0. The SMILES string of the molecule is c1ccc(-c2nc(-n3c4cc5oc6ccccc6c5c5c4c4c6c(cccc6ccc43)-c3ccccc3-5)nc3ccccc23)cc1.c1ccc(-c2nc3ccccc3nc2-n2c3cc4oc5ccccc5c4c4c3c3c5c(cccc5ccc32)-c2ccccc2-4)cc1. The molecule has 0 unspecified atom stereocenters. The summed E-state index contributed by atoms with van der Waals surface area (Å²) in [6.45, 7) is 0. The lowest BCUT2D eigenvalue weighted by Gasteiger charge is -2.16. The van der Waals surface area contributed by atoms with Crippen molar-refractivity contribution in [3.63, 3.8) is 0 Å². The maximum Gasteiger partial charge on any atom is 0.235 e. The molecule has 6 heterocycles. The predicted molar refractivity (Wildman–Crippen MR) is 377 cm³/mol. The van der Waals surface area contributed by atoms with Crippen LogP contribution in [0.1, 0.15) is 0 Å². The summed E-state index contributed by atoms with van der Waals surface area (Å²) in [6.07, 6.45) is 0. The van der Waals surface area contributed by atoms with Crippen molar-refractivity contribution in [2.75, 3.05) is 0 Å². The van der Waals surface area contributed by atoms with Crippen molar-refractivity contribution < 1.29 is 8.83 Å². The minimum atomic E-state index is 0.643. The highest BCUT2D eigenvalue weighted by molar-refractivity contribution is 6.37. The topological polar surface area (TPSA) is 87.7 Å². The van der Waals surface area contributed by atoms with Crippen LogP contribution in [0.25, 0.3) is 210 Å². The molecule has 22 rings (SSSR count). The third-order valence-corrected chi connectivity index (χ3v) is 19.4. The first-order valence-electron chi connectivity index (χ1n) is 31.2. The Hall–Kier alpha value is -12.5. The molecule has 0 amide bonds. The number of benzene rings is 14. The van der Waals surface area contributed by atoms with E-state index in [4.69, 9.17) is 28.8 Å². The van der Waals surface area contributed by atoms with Gasteiger partial charge in [-0.2, -0.15) is 0 Å². The highest BCUT2D eigenvalue weighted by Crippen LogP contribution is 2.56. The monoisotopic (exact) mass is 1170 g/mol. The van der Waals surface area contributed by atoms with E-state index in [2.05, 4.69) is 234 Å². The normalized spacial score (nSPS) is 12.3. The van der Waals surface area contributed by atoms with Gasteiger partial charge < -0.3 is 8.83 Å². The number of rotatable bonds is 4. The smallest absolute Gasteiger partial charge is 0.235 e. The molecule has 0 bridgehead atoms. The van der Waals surface area contributed by atoms with Crippen LogP contribution in [0, 0.1) is 0 Å². The van der Waals surface area contributed by atoms with E-state index in [1.165, 1.54) is 87.6 Å². The second-order valence-corrected chi connectivity index (χ2v) is 24.2. The van der Waals surface area contributed by atoms with Crippen LogP contribution in [0.3, 0.4) is 0 Å². The fourth-order valence-electron chi connectivity index (χ4n) is 15.7. The molecular weight excluding hydrogens is 1120 g/mol. The van der Waals surface area contributed by atoms with Crippen molar-refractivity contribution in [2.24, 2.45) is 0 Å². The van der Waals surface area contributed by atoms with Crippen LogP contribution in [0.5, 0.6) is 0 Å². The van der Waals surface area contributed by atoms with Crippen molar-refractivity contribution in [1.82, 2.24) is 29.1 Å². The Bertz CT molecular complexity index is 6630. The molecule has 8 heteroatoms. The van der Waals surface area contributed by atoms with Gasteiger partial charge in [-0.3, -0.25) is 9.13 Å².